The Morgan fingerprint density at radius 1 is 0.625 bits per heavy atom. The third kappa shape index (κ3) is 14.7. The highest BCUT2D eigenvalue weighted by atomic mass is 35.5. The Bertz CT molecular complexity index is 2610. The first kappa shape index (κ1) is 50.5. The van der Waals surface area contributed by atoms with E-state index in [0.29, 0.717) is 46.2 Å². The van der Waals surface area contributed by atoms with Crippen LogP contribution < -0.4 is 22.2 Å². The monoisotopic (exact) mass is 928 g/mol. The number of pyridine rings is 2. The third-order valence-electron chi connectivity index (χ3n) is 9.60. The number of amides is 1. The van der Waals surface area contributed by atoms with Gasteiger partial charge in [0.1, 0.15) is 17.7 Å². The molecule has 2 aromatic heterocycles. The number of nitrogens with zero attached hydrogens (tertiary/aromatic N) is 2. The summed E-state index contributed by atoms with van der Waals surface area (Å²) in [6.07, 6.45) is 3.12. The van der Waals surface area contributed by atoms with Crippen molar-refractivity contribution in [3.8, 4) is 22.3 Å². The maximum absolute atomic E-state index is 13.1. The molecule has 1 amide bonds. The van der Waals surface area contributed by atoms with Crippen LogP contribution in [-0.2, 0) is 49.7 Å². The first-order valence-electron chi connectivity index (χ1n) is 20.0. The topological polar surface area (TPSA) is 161 Å². The fraction of sp³-hybridized carbons (Fsp3) is 0.245. The van der Waals surface area contributed by atoms with E-state index < -0.39 is 35.7 Å². The van der Waals surface area contributed by atoms with Crippen molar-refractivity contribution in [1.82, 2.24) is 14.5 Å². The highest BCUT2D eigenvalue weighted by Crippen LogP contribution is 2.23. The Morgan fingerprint density at radius 2 is 1.03 bits per heavy atom. The zero-order valence-electron chi connectivity index (χ0n) is 36.1. The number of ether oxygens (including phenoxy) is 3. The Labute approximate surface area is 388 Å². The highest BCUT2D eigenvalue weighted by molar-refractivity contribution is 6.31. The molecule has 0 aliphatic carbocycles. The van der Waals surface area contributed by atoms with E-state index in [1.165, 1.54) is 14.2 Å². The number of benzene rings is 4. The van der Waals surface area contributed by atoms with E-state index in [0.717, 1.165) is 27.8 Å². The molecule has 6 aromatic rings. The Morgan fingerprint density at radius 3 is 1.42 bits per heavy atom. The van der Waals surface area contributed by atoms with Crippen LogP contribution in [0.4, 0.5) is 4.79 Å². The molecule has 336 valence electrons. The average molecular weight is 930 g/mol. The van der Waals surface area contributed by atoms with Crippen molar-refractivity contribution in [3.05, 3.63) is 187 Å². The van der Waals surface area contributed by atoms with Gasteiger partial charge in [0.2, 0.25) is 0 Å². The predicted molar refractivity (Wildman–Crippen MR) is 253 cm³/mol. The molecule has 3 N–H and O–H groups in total. The maximum atomic E-state index is 13.1. The number of hydrogen-bond acceptors (Lipinski definition) is 9. The fourth-order valence-corrected chi connectivity index (χ4v) is 7.01. The number of alkyl carbamates (subject to hydrolysis) is 1. The van der Waals surface area contributed by atoms with Gasteiger partial charge in [0.05, 0.1) is 37.4 Å². The van der Waals surface area contributed by atoms with Gasteiger partial charge < -0.3 is 34.4 Å². The minimum atomic E-state index is -0.921. The van der Waals surface area contributed by atoms with Gasteiger partial charge in [-0.25, -0.2) is 9.59 Å². The molecule has 0 spiro atoms. The van der Waals surface area contributed by atoms with Gasteiger partial charge in [-0.3, -0.25) is 14.4 Å². The van der Waals surface area contributed by atoms with Gasteiger partial charge in [-0.15, -0.1) is 12.4 Å². The van der Waals surface area contributed by atoms with Crippen molar-refractivity contribution in [2.45, 2.75) is 64.4 Å². The molecule has 0 aliphatic heterocycles. The smallest absolute Gasteiger partial charge is 0.408 e. The van der Waals surface area contributed by atoms with Crippen LogP contribution in [-0.4, -0.2) is 59.1 Å². The van der Waals surface area contributed by atoms with Crippen molar-refractivity contribution < 1.29 is 28.6 Å². The number of nitrogens with one attached hydrogen (secondary N) is 1. The first-order valence-corrected chi connectivity index (χ1v) is 20.8. The number of rotatable bonds is 13. The van der Waals surface area contributed by atoms with Crippen molar-refractivity contribution in [3.63, 3.8) is 0 Å². The molecule has 2 heterocycles. The molecule has 0 radical (unpaired) electrons. The van der Waals surface area contributed by atoms with Crippen LogP contribution in [0.25, 0.3) is 22.3 Å². The summed E-state index contributed by atoms with van der Waals surface area (Å²) >= 11 is 12.6. The third-order valence-corrected chi connectivity index (χ3v) is 10.0. The summed E-state index contributed by atoms with van der Waals surface area (Å²) in [7, 11) is 2.57. The van der Waals surface area contributed by atoms with Crippen LogP contribution in [0, 0.1) is 0 Å². The number of halogens is 3. The molecule has 15 heteroatoms. The number of hydrogen-bond donors (Lipinski definition) is 2. The second kappa shape index (κ2) is 23.5. The van der Waals surface area contributed by atoms with Crippen LogP contribution in [0.5, 0.6) is 0 Å². The molecule has 0 aliphatic rings. The van der Waals surface area contributed by atoms with E-state index in [2.05, 4.69) is 10.1 Å². The minimum Gasteiger partial charge on any atom is -0.468 e. The van der Waals surface area contributed by atoms with Crippen molar-refractivity contribution >= 4 is 53.6 Å². The Kier molecular flexibility index (Phi) is 18.5. The lowest BCUT2D eigenvalue weighted by Gasteiger charge is -2.22. The maximum Gasteiger partial charge on any atom is 0.408 e. The van der Waals surface area contributed by atoms with E-state index in [4.69, 9.17) is 38.4 Å². The molecule has 12 nitrogen and oxygen atoms in total. The lowest BCUT2D eigenvalue weighted by Crippen LogP contribution is -2.45. The molecule has 2 atom stereocenters. The van der Waals surface area contributed by atoms with E-state index in [9.17, 15) is 24.0 Å². The standard InChI is InChI=1S/C27H29ClN2O5.C22H21ClN2O3.ClH/c1-27(2,3)35-26(33)29-23(25(32)34-4)14-18-10-12-20(13-11-18)22-15-21(28)17-30(24(22)31)16-19-8-6-5-7-9-19;1-28-22(27)20(24)11-15-7-9-17(10-8-15)19-12-18(23)14-25(21(19)26)13-16-5-3-2-4-6-16;/h5-13,15,17,23H,14,16H2,1-4H3,(H,29,33);2-10,12,14,20H,11,13,24H2,1H3;1H. The van der Waals surface area contributed by atoms with Gasteiger partial charge in [-0.05, 0) is 72.7 Å². The summed E-state index contributed by atoms with van der Waals surface area (Å²) < 4.78 is 17.9. The van der Waals surface area contributed by atoms with E-state index >= 15 is 0 Å². The quantitative estimate of drug-likeness (QED) is 0.0855. The van der Waals surface area contributed by atoms with Crippen molar-refractivity contribution in [2.24, 2.45) is 5.73 Å². The Balaban J connectivity index is 0.000000283. The van der Waals surface area contributed by atoms with Crippen LogP contribution in [0.2, 0.25) is 10.0 Å². The number of carbonyl (C=O) groups is 3. The zero-order valence-corrected chi connectivity index (χ0v) is 38.4. The van der Waals surface area contributed by atoms with Crippen LogP contribution in [0.1, 0.15) is 43.0 Å². The van der Waals surface area contributed by atoms with Crippen LogP contribution in [0.15, 0.2) is 143 Å². The van der Waals surface area contributed by atoms with E-state index in [-0.39, 0.29) is 29.9 Å². The summed E-state index contributed by atoms with van der Waals surface area (Å²) in [6, 6.07) is 35.6. The van der Waals surface area contributed by atoms with Gasteiger partial charge in [-0.2, -0.15) is 0 Å². The second-order valence-electron chi connectivity index (χ2n) is 15.6. The molecule has 2 unspecified atom stereocenters. The van der Waals surface area contributed by atoms with Gasteiger partial charge in [0, 0.05) is 29.9 Å². The largest absolute Gasteiger partial charge is 0.468 e. The van der Waals surface area contributed by atoms with Crippen molar-refractivity contribution in [1.29, 1.82) is 0 Å². The van der Waals surface area contributed by atoms with E-state index in [1.807, 2.05) is 84.9 Å². The summed E-state index contributed by atoms with van der Waals surface area (Å²) in [6.45, 7) is 6.06. The Hall–Kier alpha value is -6.18. The summed E-state index contributed by atoms with van der Waals surface area (Å²) in [5.74, 6) is -1.04. The van der Waals surface area contributed by atoms with Gasteiger partial charge >= 0.3 is 18.0 Å². The van der Waals surface area contributed by atoms with Crippen LogP contribution in [0.3, 0.4) is 0 Å². The zero-order chi connectivity index (χ0) is 45.7. The summed E-state index contributed by atoms with van der Waals surface area (Å²) in [5.41, 5.74) is 10.9. The number of nitrogens with two attached hydrogens (primary N) is 1. The molecular formula is C49H51Cl3N4O8. The van der Waals surface area contributed by atoms with Gasteiger partial charge in [0.25, 0.3) is 11.1 Å². The SMILES string of the molecule is COC(=O)C(Cc1ccc(-c2cc(Cl)cn(Cc3ccccc3)c2=O)cc1)NC(=O)OC(C)(C)C.COC(=O)C(N)Cc1ccc(-c2cc(Cl)cn(Cc3ccccc3)c2=O)cc1.Cl. The van der Waals surface area contributed by atoms with E-state index in [1.54, 1.807) is 78.7 Å². The lowest BCUT2D eigenvalue weighted by atomic mass is 10.0. The molecule has 6 rings (SSSR count). The van der Waals surface area contributed by atoms with Gasteiger partial charge in [-0.1, -0.05) is 132 Å². The molecule has 64 heavy (non-hydrogen) atoms. The molecule has 0 saturated heterocycles. The number of carbonyl (C=O) groups excluding carboxylic acids is 3. The van der Waals surface area contributed by atoms with Crippen LogP contribution >= 0.6 is 35.6 Å². The molecule has 0 bridgehead atoms. The molecule has 0 fully saturated rings. The molecule has 0 saturated carbocycles. The first-order chi connectivity index (χ1) is 30.0. The minimum absolute atomic E-state index is 0. The molecular weight excluding hydrogens is 879 g/mol. The predicted octanol–water partition coefficient (Wildman–Crippen LogP) is 8.51. The highest BCUT2D eigenvalue weighted by Gasteiger charge is 2.25. The number of aromatic nitrogens is 2. The van der Waals surface area contributed by atoms with Gasteiger partial charge in [0.15, 0.2) is 0 Å². The second-order valence-corrected chi connectivity index (χ2v) is 16.5. The lowest BCUT2D eigenvalue weighted by molar-refractivity contribution is -0.143. The number of methoxy groups -OCH3 is 2. The average Bonchev–Trinajstić information content (AvgIpc) is 3.26. The fourth-order valence-electron chi connectivity index (χ4n) is 6.56. The van der Waals surface area contributed by atoms with Crippen molar-refractivity contribution in [2.75, 3.05) is 14.2 Å². The normalized spacial score (nSPS) is 11.8. The number of esters is 2. The molecule has 4 aromatic carbocycles. The summed E-state index contributed by atoms with van der Waals surface area (Å²) in [4.78, 5) is 61.9. The summed E-state index contributed by atoms with van der Waals surface area (Å²) in [5, 5.41) is 3.50.